The highest BCUT2D eigenvalue weighted by atomic mass is 19.2. The number of hydrogen-bond acceptors (Lipinski definition) is 3. The summed E-state index contributed by atoms with van der Waals surface area (Å²) in [6.45, 7) is 0. The Hall–Kier alpha value is -2.37. The maximum Gasteiger partial charge on any atom is 0.339 e. The number of halogens is 2. The summed E-state index contributed by atoms with van der Waals surface area (Å²) in [5, 5.41) is 9.09. The van der Waals surface area contributed by atoms with E-state index in [0.29, 0.717) is 11.3 Å². The number of benzene rings is 1. The van der Waals surface area contributed by atoms with Crippen molar-refractivity contribution in [3.8, 4) is 11.4 Å². The molecular weight excluding hydrogens is 266 g/mol. The summed E-state index contributed by atoms with van der Waals surface area (Å²) in [5.41, 5.74) is 0.855. The fourth-order valence-electron chi connectivity index (χ4n) is 2.00. The Labute approximate surface area is 113 Å². The minimum absolute atomic E-state index is 0.0684. The molecule has 4 nitrogen and oxygen atoms in total. The van der Waals surface area contributed by atoms with Crippen LogP contribution in [0.25, 0.3) is 11.4 Å². The molecule has 1 aromatic carbocycles. The summed E-state index contributed by atoms with van der Waals surface area (Å²) in [4.78, 5) is 19.3. The molecule has 3 rings (SSSR count). The van der Waals surface area contributed by atoms with Crippen molar-refractivity contribution in [3.05, 3.63) is 47.3 Å². The van der Waals surface area contributed by atoms with Gasteiger partial charge in [0, 0.05) is 17.7 Å². The van der Waals surface area contributed by atoms with Crippen LogP contribution in [0.5, 0.6) is 0 Å². The van der Waals surface area contributed by atoms with Crippen LogP contribution in [0.2, 0.25) is 0 Å². The molecule has 1 aliphatic carbocycles. The van der Waals surface area contributed by atoms with Crippen LogP contribution in [0, 0.1) is 11.6 Å². The minimum atomic E-state index is -1.08. The summed E-state index contributed by atoms with van der Waals surface area (Å²) in [7, 11) is 0. The average molecular weight is 276 g/mol. The lowest BCUT2D eigenvalue weighted by Crippen LogP contribution is -2.06. The van der Waals surface area contributed by atoms with Crippen LogP contribution in [0.4, 0.5) is 8.78 Å². The maximum atomic E-state index is 13.2. The normalized spacial score (nSPS) is 14.3. The van der Waals surface area contributed by atoms with E-state index in [9.17, 15) is 13.6 Å². The van der Waals surface area contributed by atoms with Gasteiger partial charge in [-0.2, -0.15) is 0 Å². The third kappa shape index (κ3) is 2.24. The molecule has 1 N–H and O–H groups in total. The Bertz CT molecular complexity index is 700. The van der Waals surface area contributed by atoms with Crippen molar-refractivity contribution >= 4 is 5.97 Å². The van der Waals surface area contributed by atoms with E-state index in [4.69, 9.17) is 5.11 Å². The lowest BCUT2D eigenvalue weighted by Gasteiger charge is -2.06. The summed E-state index contributed by atoms with van der Waals surface area (Å²) >= 11 is 0. The van der Waals surface area contributed by atoms with E-state index in [2.05, 4.69) is 9.97 Å². The van der Waals surface area contributed by atoms with Crippen LogP contribution in [-0.2, 0) is 0 Å². The van der Waals surface area contributed by atoms with E-state index in [1.54, 1.807) is 0 Å². The van der Waals surface area contributed by atoms with Gasteiger partial charge < -0.3 is 5.11 Å². The molecule has 0 atom stereocenters. The molecule has 0 spiro atoms. The first-order valence-corrected chi connectivity index (χ1v) is 6.12. The van der Waals surface area contributed by atoms with Crippen LogP contribution >= 0.6 is 0 Å². The lowest BCUT2D eigenvalue weighted by atomic mass is 10.1. The number of carbonyl (C=O) groups is 1. The molecule has 0 bridgehead atoms. The molecule has 0 radical (unpaired) electrons. The predicted molar refractivity (Wildman–Crippen MR) is 66.3 cm³/mol. The number of nitrogens with zero attached hydrogens (tertiary/aromatic N) is 2. The third-order valence-electron chi connectivity index (χ3n) is 3.19. The highest BCUT2D eigenvalue weighted by Gasteiger charge is 2.30. The number of carboxylic acids is 1. The number of carboxylic acid groups (broad SMARTS) is 1. The largest absolute Gasteiger partial charge is 0.478 e. The second-order valence-corrected chi connectivity index (χ2v) is 4.70. The third-order valence-corrected chi connectivity index (χ3v) is 3.19. The van der Waals surface area contributed by atoms with Crippen LogP contribution in [-0.4, -0.2) is 21.0 Å². The van der Waals surface area contributed by atoms with E-state index in [0.717, 1.165) is 25.0 Å². The van der Waals surface area contributed by atoms with Crippen LogP contribution in [0.3, 0.4) is 0 Å². The molecule has 6 heteroatoms. The Kier molecular flexibility index (Phi) is 2.93. The number of aromatic carboxylic acids is 1. The lowest BCUT2D eigenvalue weighted by molar-refractivity contribution is 0.0694. The number of aromatic nitrogens is 2. The Morgan fingerprint density at radius 3 is 2.60 bits per heavy atom. The molecular formula is C14H10F2N2O2. The van der Waals surface area contributed by atoms with Crippen molar-refractivity contribution in [3.63, 3.8) is 0 Å². The predicted octanol–water partition coefficient (Wildman–Crippen LogP) is 3.00. The van der Waals surface area contributed by atoms with Gasteiger partial charge in [-0.1, -0.05) is 0 Å². The Morgan fingerprint density at radius 2 is 2.00 bits per heavy atom. The molecule has 0 aliphatic heterocycles. The molecule has 2 aromatic rings. The zero-order chi connectivity index (χ0) is 14.3. The van der Waals surface area contributed by atoms with Gasteiger partial charge in [-0.3, -0.25) is 0 Å². The van der Waals surface area contributed by atoms with Crippen molar-refractivity contribution in [2.24, 2.45) is 0 Å². The van der Waals surface area contributed by atoms with Crippen LogP contribution < -0.4 is 0 Å². The smallest absolute Gasteiger partial charge is 0.339 e. The standard InChI is InChI=1S/C14H10F2N2O2/c15-10-4-3-8(5-11(10)16)13-17-6-9(14(19)20)12(18-13)7-1-2-7/h3-7H,1-2H2,(H,19,20). The van der Waals surface area contributed by atoms with Gasteiger partial charge >= 0.3 is 5.97 Å². The molecule has 1 fully saturated rings. The zero-order valence-electron chi connectivity index (χ0n) is 10.3. The quantitative estimate of drug-likeness (QED) is 0.936. The average Bonchev–Trinajstić information content (AvgIpc) is 3.25. The van der Waals surface area contributed by atoms with Gasteiger partial charge in [0.1, 0.15) is 0 Å². The molecule has 1 aromatic heterocycles. The van der Waals surface area contributed by atoms with Gasteiger partial charge in [-0.25, -0.2) is 23.5 Å². The van der Waals surface area contributed by atoms with Crippen molar-refractivity contribution in [2.75, 3.05) is 0 Å². The molecule has 0 unspecified atom stereocenters. The second kappa shape index (κ2) is 4.63. The van der Waals surface area contributed by atoms with E-state index in [1.807, 2.05) is 0 Å². The second-order valence-electron chi connectivity index (χ2n) is 4.70. The summed E-state index contributed by atoms with van der Waals surface area (Å²) in [6.07, 6.45) is 2.99. The first-order chi connectivity index (χ1) is 9.56. The van der Waals surface area contributed by atoms with E-state index in [1.165, 1.54) is 12.3 Å². The molecule has 1 aliphatic rings. The number of hydrogen-bond donors (Lipinski definition) is 1. The molecule has 1 heterocycles. The van der Waals surface area contributed by atoms with Gasteiger partial charge in [0.05, 0.1) is 11.3 Å². The van der Waals surface area contributed by atoms with Crippen LogP contribution in [0.1, 0.15) is 34.8 Å². The van der Waals surface area contributed by atoms with Crippen molar-refractivity contribution in [2.45, 2.75) is 18.8 Å². The van der Waals surface area contributed by atoms with Gasteiger partial charge in [-0.05, 0) is 31.0 Å². The Morgan fingerprint density at radius 1 is 1.25 bits per heavy atom. The van der Waals surface area contributed by atoms with Crippen molar-refractivity contribution < 1.29 is 18.7 Å². The summed E-state index contributed by atoms with van der Waals surface area (Å²) in [5.74, 6) is -2.69. The van der Waals surface area contributed by atoms with Crippen molar-refractivity contribution in [1.82, 2.24) is 9.97 Å². The fraction of sp³-hybridized carbons (Fsp3) is 0.214. The zero-order valence-corrected chi connectivity index (χ0v) is 10.3. The maximum absolute atomic E-state index is 13.2. The molecule has 102 valence electrons. The van der Waals surface area contributed by atoms with Gasteiger partial charge in [-0.15, -0.1) is 0 Å². The van der Waals surface area contributed by atoms with E-state index < -0.39 is 17.6 Å². The molecule has 1 saturated carbocycles. The van der Waals surface area contributed by atoms with Gasteiger partial charge in [0.2, 0.25) is 0 Å². The number of rotatable bonds is 3. The SMILES string of the molecule is O=C(O)c1cnc(-c2ccc(F)c(F)c2)nc1C1CC1. The summed E-state index contributed by atoms with van der Waals surface area (Å²) in [6, 6.07) is 3.36. The highest BCUT2D eigenvalue weighted by Crippen LogP contribution is 2.41. The molecule has 0 amide bonds. The first-order valence-electron chi connectivity index (χ1n) is 6.12. The van der Waals surface area contributed by atoms with Gasteiger partial charge in [0.15, 0.2) is 17.5 Å². The first kappa shape index (κ1) is 12.7. The minimum Gasteiger partial charge on any atom is -0.478 e. The van der Waals surface area contributed by atoms with Gasteiger partial charge in [0.25, 0.3) is 0 Å². The van der Waals surface area contributed by atoms with Crippen LogP contribution in [0.15, 0.2) is 24.4 Å². The van der Waals surface area contributed by atoms with E-state index >= 15 is 0 Å². The summed E-state index contributed by atoms with van der Waals surface area (Å²) < 4.78 is 26.1. The topological polar surface area (TPSA) is 63.1 Å². The van der Waals surface area contributed by atoms with Crippen molar-refractivity contribution in [1.29, 1.82) is 0 Å². The monoisotopic (exact) mass is 276 g/mol. The van der Waals surface area contributed by atoms with E-state index in [-0.39, 0.29) is 17.3 Å². The molecule has 20 heavy (non-hydrogen) atoms. The molecule has 0 saturated heterocycles. The fourth-order valence-corrected chi connectivity index (χ4v) is 2.00. The highest BCUT2D eigenvalue weighted by molar-refractivity contribution is 5.89. The Balaban J connectivity index is 2.08.